The number of nitrogens with one attached hydrogen (secondary N) is 1. The van der Waals surface area contributed by atoms with Crippen LogP contribution in [0.2, 0.25) is 5.02 Å². The van der Waals surface area contributed by atoms with Gasteiger partial charge in [0.2, 0.25) is 0 Å². The zero-order valence-electron chi connectivity index (χ0n) is 12.9. The molecule has 5 nitrogen and oxygen atoms in total. The molecule has 0 atom stereocenters. The molecule has 2 N–H and O–H groups in total. The lowest BCUT2D eigenvalue weighted by Gasteiger charge is -2.10. The van der Waals surface area contributed by atoms with E-state index in [1.165, 1.54) is 6.07 Å². The predicted octanol–water partition coefficient (Wildman–Crippen LogP) is 3.31. The molecule has 4 rings (SSSR count). The van der Waals surface area contributed by atoms with Crippen LogP contribution in [0.5, 0.6) is 5.75 Å². The highest BCUT2D eigenvalue weighted by Gasteiger charge is 2.16. The number of aromatic nitrogens is 2. The third-order valence-corrected chi connectivity index (χ3v) is 4.58. The number of anilines is 1. The average molecular weight is 342 g/mol. The third-order valence-electron chi connectivity index (χ3n) is 4.35. The van der Waals surface area contributed by atoms with E-state index in [4.69, 9.17) is 11.6 Å². The zero-order valence-corrected chi connectivity index (χ0v) is 13.7. The Labute approximate surface area is 143 Å². The molecule has 0 fully saturated rings. The van der Waals surface area contributed by atoms with Crippen LogP contribution in [0.15, 0.2) is 41.2 Å². The van der Waals surface area contributed by atoms with Crippen LogP contribution in [0.25, 0.3) is 10.9 Å². The molecule has 1 aliphatic rings. The van der Waals surface area contributed by atoms with Gasteiger partial charge in [0.05, 0.1) is 10.9 Å². The van der Waals surface area contributed by atoms with E-state index in [1.54, 1.807) is 16.7 Å². The molecule has 24 heavy (non-hydrogen) atoms. The number of hydrogen-bond acceptors (Lipinski definition) is 4. The molecule has 1 aliphatic heterocycles. The summed E-state index contributed by atoms with van der Waals surface area (Å²) < 4.78 is 1.76. The smallest absolute Gasteiger partial charge is 0.261 e. The Morgan fingerprint density at radius 3 is 2.96 bits per heavy atom. The van der Waals surface area contributed by atoms with Crippen LogP contribution in [0.4, 0.5) is 5.69 Å². The van der Waals surface area contributed by atoms with Crippen molar-refractivity contribution in [1.29, 1.82) is 0 Å². The first-order valence-electron chi connectivity index (χ1n) is 7.86. The molecule has 0 saturated heterocycles. The van der Waals surface area contributed by atoms with Gasteiger partial charge < -0.3 is 10.4 Å². The van der Waals surface area contributed by atoms with Crippen molar-refractivity contribution < 1.29 is 5.11 Å². The van der Waals surface area contributed by atoms with Gasteiger partial charge in [-0.2, -0.15) is 0 Å². The number of halogens is 1. The molecule has 2 heterocycles. The summed E-state index contributed by atoms with van der Waals surface area (Å²) in [5.41, 5.74) is 2.30. The second-order valence-corrected chi connectivity index (χ2v) is 6.38. The van der Waals surface area contributed by atoms with Gasteiger partial charge in [-0.25, -0.2) is 4.98 Å². The van der Waals surface area contributed by atoms with Crippen LogP contribution in [-0.4, -0.2) is 14.7 Å². The maximum Gasteiger partial charge on any atom is 0.261 e. The standard InChI is InChI=1S/C18H16ClN3O2/c19-12-4-3-11(16(23)8-12)10-20-13-5-6-15-14(9-13)18(24)22-7-1-2-17(22)21-15/h3-6,8-9,20,23H,1-2,7,10H2. The Bertz CT molecular complexity index is 997. The van der Waals surface area contributed by atoms with Gasteiger partial charge in [0.25, 0.3) is 5.56 Å². The number of phenols is 1. The fraction of sp³-hybridized carbons (Fsp3) is 0.222. The average Bonchev–Trinajstić information content (AvgIpc) is 3.03. The predicted molar refractivity (Wildman–Crippen MR) is 94.8 cm³/mol. The van der Waals surface area contributed by atoms with Gasteiger partial charge in [-0.05, 0) is 36.8 Å². The Morgan fingerprint density at radius 1 is 1.25 bits per heavy atom. The summed E-state index contributed by atoms with van der Waals surface area (Å²) >= 11 is 5.84. The van der Waals surface area contributed by atoms with Gasteiger partial charge in [0.15, 0.2) is 0 Å². The Morgan fingerprint density at radius 2 is 2.12 bits per heavy atom. The first-order valence-corrected chi connectivity index (χ1v) is 8.24. The number of aryl methyl sites for hydroxylation is 1. The summed E-state index contributed by atoms with van der Waals surface area (Å²) in [6.45, 7) is 1.18. The zero-order chi connectivity index (χ0) is 16.7. The van der Waals surface area contributed by atoms with Crippen LogP contribution in [0.1, 0.15) is 17.8 Å². The molecular weight excluding hydrogens is 326 g/mol. The second-order valence-electron chi connectivity index (χ2n) is 5.95. The minimum absolute atomic E-state index is 0.0190. The van der Waals surface area contributed by atoms with E-state index in [-0.39, 0.29) is 11.3 Å². The van der Waals surface area contributed by atoms with Gasteiger partial charge >= 0.3 is 0 Å². The van der Waals surface area contributed by atoms with Gasteiger partial charge in [-0.1, -0.05) is 17.7 Å². The fourth-order valence-corrected chi connectivity index (χ4v) is 3.24. The summed E-state index contributed by atoms with van der Waals surface area (Å²) in [7, 11) is 0. The highest BCUT2D eigenvalue weighted by molar-refractivity contribution is 6.30. The monoisotopic (exact) mass is 341 g/mol. The molecule has 3 aromatic rings. The molecule has 0 amide bonds. The van der Waals surface area contributed by atoms with E-state index < -0.39 is 0 Å². The lowest BCUT2D eigenvalue weighted by atomic mass is 10.2. The second kappa shape index (κ2) is 5.83. The van der Waals surface area contributed by atoms with Gasteiger partial charge in [0.1, 0.15) is 11.6 Å². The largest absolute Gasteiger partial charge is 0.508 e. The number of rotatable bonds is 3. The Kier molecular flexibility index (Phi) is 3.65. The summed E-state index contributed by atoms with van der Waals surface area (Å²) in [6.07, 6.45) is 1.83. The van der Waals surface area contributed by atoms with Crippen molar-refractivity contribution in [1.82, 2.24) is 9.55 Å². The van der Waals surface area contributed by atoms with Gasteiger partial charge in [-0.15, -0.1) is 0 Å². The van der Waals surface area contributed by atoms with Crippen molar-refractivity contribution >= 4 is 28.2 Å². The molecule has 6 heteroatoms. The topological polar surface area (TPSA) is 67.2 Å². The molecule has 0 spiro atoms. The number of phenolic OH excluding ortho intramolecular Hbond substituents is 1. The van der Waals surface area contributed by atoms with Crippen molar-refractivity contribution in [2.75, 3.05) is 5.32 Å². The van der Waals surface area contributed by atoms with E-state index in [0.29, 0.717) is 17.0 Å². The van der Waals surface area contributed by atoms with E-state index in [0.717, 1.165) is 42.0 Å². The fourth-order valence-electron chi connectivity index (χ4n) is 3.08. The van der Waals surface area contributed by atoms with Crippen molar-refractivity contribution in [2.45, 2.75) is 25.9 Å². The molecule has 1 aromatic heterocycles. The number of hydrogen-bond donors (Lipinski definition) is 2. The summed E-state index contributed by atoms with van der Waals surface area (Å²) in [5.74, 6) is 1.02. The summed E-state index contributed by atoms with van der Waals surface area (Å²) in [6, 6.07) is 10.6. The summed E-state index contributed by atoms with van der Waals surface area (Å²) in [5, 5.41) is 14.2. The van der Waals surface area contributed by atoms with Crippen LogP contribution < -0.4 is 10.9 Å². The molecule has 0 unspecified atom stereocenters. The molecule has 0 bridgehead atoms. The van der Waals surface area contributed by atoms with Gasteiger partial charge in [-0.3, -0.25) is 9.36 Å². The SMILES string of the molecule is O=c1c2cc(NCc3ccc(Cl)cc3O)ccc2nc2n1CCC2. The molecule has 0 saturated carbocycles. The lowest BCUT2D eigenvalue weighted by molar-refractivity contribution is 0.469. The van der Waals surface area contributed by atoms with E-state index in [1.807, 2.05) is 18.2 Å². The first kappa shape index (κ1) is 15.0. The highest BCUT2D eigenvalue weighted by atomic mass is 35.5. The van der Waals surface area contributed by atoms with Crippen LogP contribution in [0.3, 0.4) is 0 Å². The van der Waals surface area contributed by atoms with Crippen LogP contribution in [0, 0.1) is 0 Å². The minimum Gasteiger partial charge on any atom is -0.508 e. The van der Waals surface area contributed by atoms with E-state index in [2.05, 4.69) is 10.3 Å². The van der Waals surface area contributed by atoms with Crippen molar-refractivity contribution in [3.8, 4) is 5.75 Å². The maximum atomic E-state index is 12.6. The van der Waals surface area contributed by atoms with Crippen molar-refractivity contribution in [3.63, 3.8) is 0 Å². The molecule has 0 radical (unpaired) electrons. The van der Waals surface area contributed by atoms with Crippen molar-refractivity contribution in [2.24, 2.45) is 0 Å². The lowest BCUT2D eigenvalue weighted by Crippen LogP contribution is -2.20. The number of fused-ring (bicyclic) bond motifs is 2. The quantitative estimate of drug-likeness (QED) is 0.767. The third kappa shape index (κ3) is 2.61. The Hall–Kier alpha value is -2.53. The van der Waals surface area contributed by atoms with Crippen LogP contribution >= 0.6 is 11.6 Å². The van der Waals surface area contributed by atoms with E-state index in [9.17, 15) is 9.90 Å². The number of benzene rings is 2. The molecule has 0 aliphatic carbocycles. The van der Waals surface area contributed by atoms with Crippen molar-refractivity contribution in [3.05, 3.63) is 63.2 Å². The molecule has 122 valence electrons. The first-order chi connectivity index (χ1) is 11.6. The summed E-state index contributed by atoms with van der Waals surface area (Å²) in [4.78, 5) is 17.2. The van der Waals surface area contributed by atoms with Crippen LogP contribution in [-0.2, 0) is 19.5 Å². The highest BCUT2D eigenvalue weighted by Crippen LogP contribution is 2.24. The number of nitrogens with zero attached hydrogens (tertiary/aromatic N) is 2. The molecular formula is C18H16ClN3O2. The van der Waals surface area contributed by atoms with E-state index >= 15 is 0 Å². The van der Waals surface area contributed by atoms with Gasteiger partial charge in [0, 0.05) is 35.8 Å². The number of aromatic hydroxyl groups is 1. The Balaban J connectivity index is 1.64. The minimum atomic E-state index is 0.0190. The molecule has 2 aromatic carbocycles. The normalized spacial score (nSPS) is 13.2. The maximum absolute atomic E-state index is 12.6.